The molecule has 1 aromatic rings. The van der Waals surface area contributed by atoms with E-state index in [1.807, 2.05) is 13.8 Å². The van der Waals surface area contributed by atoms with Gasteiger partial charge in [0.05, 0.1) is 6.42 Å². The van der Waals surface area contributed by atoms with Crippen LogP contribution in [0, 0.1) is 0 Å². The predicted octanol–water partition coefficient (Wildman–Crippen LogP) is 1.25. The van der Waals surface area contributed by atoms with Crippen LogP contribution in [-0.2, 0) is 11.2 Å². The summed E-state index contributed by atoms with van der Waals surface area (Å²) in [6.45, 7) is 5.14. The van der Waals surface area contributed by atoms with Gasteiger partial charge >= 0.3 is 5.97 Å². The topological polar surface area (TPSA) is 70.5 Å². The molecule has 16 heavy (non-hydrogen) atoms. The van der Waals surface area contributed by atoms with Crippen molar-refractivity contribution >= 4 is 23.2 Å². The summed E-state index contributed by atoms with van der Waals surface area (Å²) in [5.41, 5.74) is 0.00680. The molecule has 0 saturated heterocycles. The lowest BCUT2D eigenvalue weighted by Gasteiger charge is -2.17. The lowest BCUT2D eigenvalue weighted by molar-refractivity contribution is -0.130. The van der Waals surface area contributed by atoms with Crippen molar-refractivity contribution in [2.75, 3.05) is 13.1 Å². The molecule has 1 N–H and O–H groups in total. The van der Waals surface area contributed by atoms with Gasteiger partial charge in [-0.25, -0.2) is 9.78 Å². The number of rotatable bonds is 5. The van der Waals surface area contributed by atoms with Crippen LogP contribution in [0.25, 0.3) is 0 Å². The third kappa shape index (κ3) is 3.03. The summed E-state index contributed by atoms with van der Waals surface area (Å²) in [6, 6.07) is 0. The van der Waals surface area contributed by atoms with Gasteiger partial charge in [-0.2, -0.15) is 0 Å². The Morgan fingerprint density at radius 3 is 2.50 bits per heavy atom. The zero-order valence-electron chi connectivity index (χ0n) is 9.27. The number of carboxylic acid groups (broad SMARTS) is 1. The highest BCUT2D eigenvalue weighted by atomic mass is 32.1. The number of thiazole rings is 1. The molecule has 0 aliphatic rings. The van der Waals surface area contributed by atoms with E-state index in [2.05, 4.69) is 4.98 Å². The molecule has 0 aliphatic carbocycles. The summed E-state index contributed by atoms with van der Waals surface area (Å²) in [4.78, 5) is 27.9. The molecule has 1 rings (SSSR count). The summed E-state index contributed by atoms with van der Waals surface area (Å²) in [5, 5.41) is 10.7. The molecule has 0 unspecified atom stereocenters. The van der Waals surface area contributed by atoms with Gasteiger partial charge in [0, 0.05) is 18.5 Å². The molecule has 1 amide bonds. The van der Waals surface area contributed by atoms with Crippen molar-refractivity contribution < 1.29 is 14.7 Å². The zero-order valence-corrected chi connectivity index (χ0v) is 10.1. The Hall–Kier alpha value is -1.43. The van der Waals surface area contributed by atoms with Crippen LogP contribution >= 0.6 is 11.3 Å². The van der Waals surface area contributed by atoms with Crippen LogP contribution in [0.5, 0.6) is 0 Å². The van der Waals surface area contributed by atoms with E-state index in [0.29, 0.717) is 18.1 Å². The molecular weight excluding hydrogens is 228 g/mol. The highest BCUT2D eigenvalue weighted by molar-refractivity contribution is 7.09. The Kier molecular flexibility index (Phi) is 4.42. The van der Waals surface area contributed by atoms with Gasteiger partial charge in [0.2, 0.25) is 5.91 Å². The van der Waals surface area contributed by atoms with E-state index in [1.165, 1.54) is 16.7 Å². The van der Waals surface area contributed by atoms with Crippen molar-refractivity contribution in [2.24, 2.45) is 0 Å². The first-order valence-electron chi connectivity index (χ1n) is 5.03. The molecule has 0 aliphatic heterocycles. The molecule has 0 bridgehead atoms. The average molecular weight is 242 g/mol. The van der Waals surface area contributed by atoms with Crippen molar-refractivity contribution in [2.45, 2.75) is 20.3 Å². The van der Waals surface area contributed by atoms with Crippen molar-refractivity contribution in [1.82, 2.24) is 9.88 Å². The highest BCUT2D eigenvalue weighted by Gasteiger charge is 2.14. The van der Waals surface area contributed by atoms with Crippen LogP contribution in [0.3, 0.4) is 0 Å². The maximum atomic E-state index is 11.7. The number of aromatic carboxylic acids is 1. The van der Waals surface area contributed by atoms with Crippen molar-refractivity contribution in [1.29, 1.82) is 0 Å². The number of hydrogen-bond acceptors (Lipinski definition) is 4. The molecule has 1 heterocycles. The van der Waals surface area contributed by atoms with E-state index in [0.717, 1.165) is 0 Å². The first-order chi connectivity index (χ1) is 7.58. The molecule has 1 aromatic heterocycles. The molecule has 88 valence electrons. The Morgan fingerprint density at radius 2 is 2.06 bits per heavy atom. The van der Waals surface area contributed by atoms with Gasteiger partial charge in [0.25, 0.3) is 0 Å². The van der Waals surface area contributed by atoms with Crippen molar-refractivity contribution in [3.8, 4) is 0 Å². The maximum Gasteiger partial charge on any atom is 0.355 e. The number of nitrogens with zero attached hydrogens (tertiary/aromatic N) is 2. The minimum atomic E-state index is -1.06. The van der Waals surface area contributed by atoms with Gasteiger partial charge < -0.3 is 10.0 Å². The molecule has 0 aromatic carbocycles. The molecule has 0 saturated carbocycles. The number of carbonyl (C=O) groups excluding carboxylic acids is 1. The van der Waals surface area contributed by atoms with Crippen LogP contribution in [-0.4, -0.2) is 40.0 Å². The Bertz CT molecular complexity index is 385. The van der Waals surface area contributed by atoms with Gasteiger partial charge in [0.15, 0.2) is 5.69 Å². The Balaban J connectivity index is 2.65. The first kappa shape index (κ1) is 12.6. The third-order valence-corrected chi connectivity index (χ3v) is 3.04. The third-order valence-electron chi connectivity index (χ3n) is 2.19. The lowest BCUT2D eigenvalue weighted by atomic mass is 10.3. The summed E-state index contributed by atoms with van der Waals surface area (Å²) in [6.07, 6.45) is 0.180. The molecule has 0 fully saturated rings. The second-order valence-corrected chi connectivity index (χ2v) is 4.12. The summed E-state index contributed by atoms with van der Waals surface area (Å²) < 4.78 is 0. The number of amides is 1. The van der Waals surface area contributed by atoms with Crippen LogP contribution < -0.4 is 0 Å². The Labute approximate surface area is 97.7 Å². The van der Waals surface area contributed by atoms with Crippen molar-refractivity contribution in [3.63, 3.8) is 0 Å². The van der Waals surface area contributed by atoms with Crippen LogP contribution in [0.1, 0.15) is 29.3 Å². The van der Waals surface area contributed by atoms with E-state index >= 15 is 0 Å². The van der Waals surface area contributed by atoms with Crippen LogP contribution in [0.15, 0.2) is 5.38 Å². The standard InChI is InChI=1S/C10H14N2O3S/c1-3-12(4-2)9(13)5-8-11-7(6-16-8)10(14)15/h6H,3-5H2,1-2H3,(H,14,15). The number of carboxylic acids is 1. The van der Waals surface area contributed by atoms with Crippen LogP contribution in [0.4, 0.5) is 0 Å². The largest absolute Gasteiger partial charge is 0.476 e. The van der Waals surface area contributed by atoms with E-state index in [4.69, 9.17) is 5.11 Å². The second-order valence-electron chi connectivity index (χ2n) is 3.17. The normalized spacial score (nSPS) is 10.1. The lowest BCUT2D eigenvalue weighted by Crippen LogP contribution is -2.31. The number of carbonyl (C=O) groups is 2. The number of likely N-dealkylation sites (N-methyl/N-ethyl adjacent to an activating group) is 1. The fourth-order valence-electron chi connectivity index (χ4n) is 1.31. The predicted molar refractivity (Wildman–Crippen MR) is 60.7 cm³/mol. The monoisotopic (exact) mass is 242 g/mol. The minimum absolute atomic E-state index is 0.00680. The van der Waals surface area contributed by atoms with E-state index in [-0.39, 0.29) is 18.0 Å². The van der Waals surface area contributed by atoms with Gasteiger partial charge in [-0.1, -0.05) is 0 Å². The van der Waals surface area contributed by atoms with Crippen molar-refractivity contribution in [3.05, 3.63) is 16.1 Å². The SMILES string of the molecule is CCN(CC)C(=O)Cc1nc(C(=O)O)cs1. The molecular formula is C10H14N2O3S. The van der Waals surface area contributed by atoms with E-state index in [9.17, 15) is 9.59 Å². The first-order valence-corrected chi connectivity index (χ1v) is 5.91. The van der Waals surface area contributed by atoms with Gasteiger partial charge in [-0.15, -0.1) is 11.3 Å². The van der Waals surface area contributed by atoms with Gasteiger partial charge in [-0.3, -0.25) is 4.79 Å². The molecule has 5 nitrogen and oxygen atoms in total. The quantitative estimate of drug-likeness (QED) is 0.843. The minimum Gasteiger partial charge on any atom is -0.476 e. The fourth-order valence-corrected chi connectivity index (χ4v) is 2.07. The molecule has 0 radical (unpaired) electrons. The average Bonchev–Trinajstić information content (AvgIpc) is 2.68. The maximum absolute atomic E-state index is 11.7. The number of aromatic nitrogens is 1. The fraction of sp³-hybridized carbons (Fsp3) is 0.500. The zero-order chi connectivity index (χ0) is 12.1. The second kappa shape index (κ2) is 5.60. The summed E-state index contributed by atoms with van der Waals surface area (Å²) in [7, 11) is 0. The molecule has 0 atom stereocenters. The van der Waals surface area contributed by atoms with Gasteiger partial charge in [0.1, 0.15) is 5.01 Å². The molecule has 0 spiro atoms. The van der Waals surface area contributed by atoms with E-state index < -0.39 is 5.97 Å². The Morgan fingerprint density at radius 1 is 1.44 bits per heavy atom. The number of hydrogen-bond donors (Lipinski definition) is 1. The van der Waals surface area contributed by atoms with Gasteiger partial charge in [-0.05, 0) is 13.8 Å². The smallest absolute Gasteiger partial charge is 0.355 e. The summed E-state index contributed by atoms with van der Waals surface area (Å²) in [5.74, 6) is -1.07. The van der Waals surface area contributed by atoms with E-state index in [1.54, 1.807) is 4.90 Å². The summed E-state index contributed by atoms with van der Waals surface area (Å²) >= 11 is 1.21. The highest BCUT2D eigenvalue weighted by Crippen LogP contribution is 2.11. The van der Waals surface area contributed by atoms with Crippen LogP contribution in [0.2, 0.25) is 0 Å². The molecule has 6 heteroatoms.